The van der Waals surface area contributed by atoms with Gasteiger partial charge in [0.25, 0.3) is 0 Å². The van der Waals surface area contributed by atoms with E-state index in [1.54, 1.807) is 7.11 Å². The van der Waals surface area contributed by atoms with Crippen molar-refractivity contribution in [2.24, 2.45) is 11.1 Å². The maximum Gasteiger partial charge on any atom is 0.0468 e. The second-order valence-corrected chi connectivity index (χ2v) is 5.26. The average Bonchev–Trinajstić information content (AvgIpc) is 3.03. The first-order valence-corrected chi connectivity index (χ1v) is 6.68. The Morgan fingerprint density at radius 2 is 2.12 bits per heavy atom. The molecule has 16 heavy (non-hydrogen) atoms. The quantitative estimate of drug-likeness (QED) is 0.562. The fraction of sp³-hybridized carbons (Fsp3) is 1.00. The lowest BCUT2D eigenvalue weighted by Crippen LogP contribution is -2.30. The van der Waals surface area contributed by atoms with Crippen LogP contribution in [0.2, 0.25) is 0 Å². The Kier molecular flexibility index (Phi) is 6.32. The summed E-state index contributed by atoms with van der Waals surface area (Å²) in [4.78, 5) is 0. The number of nitrogens with one attached hydrogen (secondary N) is 1. The fourth-order valence-electron chi connectivity index (χ4n) is 2.17. The molecular formula is C13H28N2O. The van der Waals surface area contributed by atoms with Crippen LogP contribution in [0.5, 0.6) is 0 Å². The zero-order valence-electron chi connectivity index (χ0n) is 10.9. The van der Waals surface area contributed by atoms with Crippen LogP contribution in [0.25, 0.3) is 0 Å². The molecule has 1 unspecified atom stereocenters. The van der Waals surface area contributed by atoms with Crippen LogP contribution in [0, 0.1) is 5.41 Å². The van der Waals surface area contributed by atoms with Crippen molar-refractivity contribution in [3.05, 3.63) is 0 Å². The third-order valence-corrected chi connectivity index (χ3v) is 3.64. The summed E-state index contributed by atoms with van der Waals surface area (Å²) in [6.07, 6.45) is 7.38. The lowest BCUT2D eigenvalue weighted by atomic mass is 10.0. The topological polar surface area (TPSA) is 47.3 Å². The minimum atomic E-state index is 0.381. The highest BCUT2D eigenvalue weighted by Gasteiger charge is 2.41. The van der Waals surface area contributed by atoms with Gasteiger partial charge in [-0.2, -0.15) is 0 Å². The Labute approximate surface area is 100 Å². The van der Waals surface area contributed by atoms with Crippen molar-refractivity contribution in [3.63, 3.8) is 0 Å². The molecule has 3 heteroatoms. The van der Waals surface area contributed by atoms with Gasteiger partial charge in [-0.15, -0.1) is 0 Å². The summed E-state index contributed by atoms with van der Waals surface area (Å²) in [6, 6.07) is 0.381. The van der Waals surface area contributed by atoms with Gasteiger partial charge < -0.3 is 15.8 Å². The molecule has 1 rings (SSSR count). The van der Waals surface area contributed by atoms with Crippen LogP contribution in [0.15, 0.2) is 0 Å². The van der Waals surface area contributed by atoms with E-state index in [1.165, 1.54) is 25.7 Å². The molecule has 0 heterocycles. The third kappa shape index (κ3) is 5.28. The zero-order chi connectivity index (χ0) is 11.9. The van der Waals surface area contributed by atoms with Gasteiger partial charge in [0.05, 0.1) is 0 Å². The van der Waals surface area contributed by atoms with Crippen LogP contribution in [0.1, 0.15) is 45.4 Å². The smallest absolute Gasteiger partial charge is 0.0468 e. The first-order chi connectivity index (χ1) is 7.72. The number of rotatable bonds is 10. The summed E-state index contributed by atoms with van der Waals surface area (Å²) in [5.74, 6) is 0. The minimum Gasteiger partial charge on any atom is -0.385 e. The molecule has 0 spiro atoms. The summed E-state index contributed by atoms with van der Waals surface area (Å²) in [5.41, 5.74) is 6.53. The van der Waals surface area contributed by atoms with Gasteiger partial charge in [0, 0.05) is 26.3 Å². The Morgan fingerprint density at radius 1 is 1.38 bits per heavy atom. The van der Waals surface area contributed by atoms with E-state index < -0.39 is 0 Å². The number of methoxy groups -OCH3 is 1. The molecule has 1 aliphatic rings. The van der Waals surface area contributed by atoms with Crippen molar-refractivity contribution in [1.29, 1.82) is 0 Å². The number of ether oxygens (including phenoxy) is 1. The van der Waals surface area contributed by atoms with E-state index in [2.05, 4.69) is 12.2 Å². The molecule has 0 saturated heterocycles. The molecule has 0 aromatic rings. The maximum atomic E-state index is 5.97. The van der Waals surface area contributed by atoms with Crippen LogP contribution >= 0.6 is 0 Å². The highest BCUT2D eigenvalue weighted by molar-refractivity contribution is 4.94. The van der Waals surface area contributed by atoms with Crippen LogP contribution in [0.4, 0.5) is 0 Å². The van der Waals surface area contributed by atoms with Crippen molar-refractivity contribution in [1.82, 2.24) is 5.32 Å². The number of nitrogens with two attached hydrogens (primary N) is 1. The van der Waals surface area contributed by atoms with Crippen molar-refractivity contribution in [2.45, 2.75) is 51.5 Å². The van der Waals surface area contributed by atoms with Gasteiger partial charge in [-0.3, -0.25) is 0 Å². The van der Waals surface area contributed by atoms with E-state index in [0.717, 1.165) is 32.5 Å². The fourth-order valence-corrected chi connectivity index (χ4v) is 2.17. The molecule has 0 amide bonds. The molecule has 0 bridgehead atoms. The van der Waals surface area contributed by atoms with Crippen LogP contribution < -0.4 is 11.1 Å². The number of hydrogen-bond donors (Lipinski definition) is 2. The van der Waals surface area contributed by atoms with Gasteiger partial charge in [-0.05, 0) is 44.1 Å². The Balaban J connectivity index is 1.98. The van der Waals surface area contributed by atoms with Crippen LogP contribution in [-0.2, 0) is 4.74 Å². The van der Waals surface area contributed by atoms with E-state index in [1.807, 2.05) is 0 Å². The van der Waals surface area contributed by atoms with Gasteiger partial charge in [0.1, 0.15) is 0 Å². The lowest BCUT2D eigenvalue weighted by Gasteiger charge is -2.16. The molecule has 1 saturated carbocycles. The molecule has 1 aliphatic carbocycles. The predicted molar refractivity (Wildman–Crippen MR) is 68.5 cm³/mol. The van der Waals surface area contributed by atoms with Crippen LogP contribution in [0.3, 0.4) is 0 Å². The molecule has 0 aromatic carbocycles. The van der Waals surface area contributed by atoms with E-state index in [0.29, 0.717) is 11.5 Å². The van der Waals surface area contributed by atoms with Crippen molar-refractivity contribution in [3.8, 4) is 0 Å². The lowest BCUT2D eigenvalue weighted by molar-refractivity contribution is 0.171. The first kappa shape index (κ1) is 13.9. The van der Waals surface area contributed by atoms with Gasteiger partial charge in [-0.1, -0.05) is 13.3 Å². The largest absolute Gasteiger partial charge is 0.385 e. The minimum absolute atomic E-state index is 0.381. The van der Waals surface area contributed by atoms with Crippen molar-refractivity contribution in [2.75, 3.05) is 26.8 Å². The first-order valence-electron chi connectivity index (χ1n) is 6.68. The molecular weight excluding hydrogens is 200 g/mol. The molecule has 0 aromatic heterocycles. The maximum absolute atomic E-state index is 5.97. The average molecular weight is 228 g/mol. The van der Waals surface area contributed by atoms with Gasteiger partial charge in [0.2, 0.25) is 0 Å². The summed E-state index contributed by atoms with van der Waals surface area (Å²) < 4.78 is 5.15. The Bertz CT molecular complexity index is 181. The monoisotopic (exact) mass is 228 g/mol. The molecule has 1 atom stereocenters. The van der Waals surface area contributed by atoms with E-state index in [-0.39, 0.29) is 0 Å². The summed E-state index contributed by atoms with van der Waals surface area (Å²) in [6.45, 7) is 5.30. The normalized spacial score (nSPS) is 19.7. The second-order valence-electron chi connectivity index (χ2n) is 5.26. The highest BCUT2D eigenvalue weighted by atomic mass is 16.5. The van der Waals surface area contributed by atoms with E-state index >= 15 is 0 Å². The Hall–Kier alpha value is -0.120. The molecule has 0 aliphatic heterocycles. The van der Waals surface area contributed by atoms with E-state index in [4.69, 9.17) is 10.5 Å². The molecule has 96 valence electrons. The molecule has 3 nitrogen and oxygen atoms in total. The summed E-state index contributed by atoms with van der Waals surface area (Å²) in [7, 11) is 1.78. The second kappa shape index (κ2) is 7.25. The van der Waals surface area contributed by atoms with Crippen molar-refractivity contribution >= 4 is 0 Å². The van der Waals surface area contributed by atoms with Crippen molar-refractivity contribution < 1.29 is 4.74 Å². The SMILES string of the molecule is CCCC(N)CCNCC1(CCOC)CC1. The molecule has 3 N–H and O–H groups in total. The van der Waals surface area contributed by atoms with E-state index in [9.17, 15) is 0 Å². The summed E-state index contributed by atoms with van der Waals surface area (Å²) in [5, 5.41) is 3.55. The van der Waals surface area contributed by atoms with Gasteiger partial charge in [0.15, 0.2) is 0 Å². The highest BCUT2D eigenvalue weighted by Crippen LogP contribution is 2.48. The van der Waals surface area contributed by atoms with Crippen LogP contribution in [-0.4, -0.2) is 32.8 Å². The number of hydrogen-bond acceptors (Lipinski definition) is 3. The standard InChI is InChI=1S/C13H28N2O/c1-3-4-12(14)5-9-15-11-13(6-7-13)8-10-16-2/h12,15H,3-11,14H2,1-2H3. The predicted octanol–water partition coefficient (Wildman–Crippen LogP) is 1.91. The van der Waals surface area contributed by atoms with Gasteiger partial charge in [-0.25, -0.2) is 0 Å². The Morgan fingerprint density at radius 3 is 2.69 bits per heavy atom. The summed E-state index contributed by atoms with van der Waals surface area (Å²) >= 11 is 0. The van der Waals surface area contributed by atoms with Gasteiger partial charge >= 0.3 is 0 Å². The molecule has 1 fully saturated rings. The molecule has 0 radical (unpaired) electrons. The third-order valence-electron chi connectivity index (χ3n) is 3.64. The zero-order valence-corrected chi connectivity index (χ0v) is 10.9.